The lowest BCUT2D eigenvalue weighted by Crippen LogP contribution is -2.27. The highest BCUT2D eigenvalue weighted by atomic mass is 16.6. The Morgan fingerprint density at radius 1 is 1.21 bits per heavy atom. The number of ether oxygens (including phenoxy) is 1. The van der Waals surface area contributed by atoms with E-state index in [4.69, 9.17) is 4.74 Å². The molecule has 2 aromatic rings. The number of aromatic nitrogens is 2. The molecule has 0 unspecified atom stereocenters. The molecular formula is C19H18N2O3. The molecule has 5 heteroatoms. The SMILES string of the molecule is CC(C)(C)OC(=O)n1cc(C#Cc2ccc3c(c2)CCC3=O)cn1. The number of carbonyl (C=O) groups is 2. The number of rotatable bonds is 0. The van der Waals surface area contributed by atoms with Crippen molar-refractivity contribution in [3.63, 3.8) is 0 Å². The van der Waals surface area contributed by atoms with Gasteiger partial charge in [0.05, 0.1) is 18.0 Å². The molecule has 0 fully saturated rings. The van der Waals surface area contributed by atoms with E-state index in [9.17, 15) is 9.59 Å². The topological polar surface area (TPSA) is 61.2 Å². The van der Waals surface area contributed by atoms with Crippen molar-refractivity contribution in [1.82, 2.24) is 9.78 Å². The van der Waals surface area contributed by atoms with Gasteiger partial charge in [0, 0.05) is 17.5 Å². The van der Waals surface area contributed by atoms with Gasteiger partial charge in [0.15, 0.2) is 5.78 Å². The Kier molecular flexibility index (Phi) is 3.98. The fourth-order valence-corrected chi connectivity index (χ4v) is 2.47. The molecule has 0 amide bonds. The number of carbonyl (C=O) groups excluding carboxylic acids is 2. The third-order valence-electron chi connectivity index (χ3n) is 3.54. The molecule has 0 bridgehead atoms. The van der Waals surface area contributed by atoms with E-state index in [0.29, 0.717) is 12.0 Å². The van der Waals surface area contributed by atoms with Crippen LogP contribution >= 0.6 is 0 Å². The Labute approximate surface area is 140 Å². The first-order valence-corrected chi connectivity index (χ1v) is 7.78. The first-order valence-electron chi connectivity index (χ1n) is 7.78. The van der Waals surface area contributed by atoms with Gasteiger partial charge in [-0.25, -0.2) is 4.79 Å². The minimum Gasteiger partial charge on any atom is -0.442 e. The van der Waals surface area contributed by atoms with Crippen LogP contribution in [0.1, 0.15) is 54.2 Å². The summed E-state index contributed by atoms with van der Waals surface area (Å²) in [4.78, 5) is 23.5. The fraction of sp³-hybridized carbons (Fsp3) is 0.316. The number of nitrogens with zero attached hydrogens (tertiary/aromatic N) is 2. The quantitative estimate of drug-likeness (QED) is 0.699. The van der Waals surface area contributed by atoms with Crippen LogP contribution in [0.25, 0.3) is 0 Å². The van der Waals surface area contributed by atoms with Gasteiger partial charge in [0.2, 0.25) is 0 Å². The molecule has 122 valence electrons. The van der Waals surface area contributed by atoms with Crippen molar-refractivity contribution in [3.05, 3.63) is 52.8 Å². The third-order valence-corrected chi connectivity index (χ3v) is 3.54. The van der Waals surface area contributed by atoms with Crippen LogP contribution < -0.4 is 0 Å². The van der Waals surface area contributed by atoms with Gasteiger partial charge in [0.25, 0.3) is 0 Å². The number of fused-ring (bicyclic) bond motifs is 1. The van der Waals surface area contributed by atoms with Gasteiger partial charge in [-0.1, -0.05) is 11.8 Å². The number of aryl methyl sites for hydroxylation is 1. The Morgan fingerprint density at radius 3 is 2.71 bits per heavy atom. The smallest absolute Gasteiger partial charge is 0.435 e. The van der Waals surface area contributed by atoms with Gasteiger partial charge >= 0.3 is 6.09 Å². The number of hydrogen-bond donors (Lipinski definition) is 0. The van der Waals surface area contributed by atoms with Crippen LogP contribution in [0.3, 0.4) is 0 Å². The van der Waals surface area contributed by atoms with Crippen molar-refractivity contribution in [2.75, 3.05) is 0 Å². The Bertz CT molecular complexity index is 876. The maximum absolute atomic E-state index is 11.9. The van der Waals surface area contributed by atoms with Crippen LogP contribution in [0.15, 0.2) is 30.6 Å². The predicted octanol–water partition coefficient (Wildman–Crippen LogP) is 3.20. The van der Waals surface area contributed by atoms with Gasteiger partial charge in [-0.2, -0.15) is 9.78 Å². The zero-order chi connectivity index (χ0) is 17.3. The van der Waals surface area contributed by atoms with Crippen LogP contribution in [0.2, 0.25) is 0 Å². The number of hydrogen-bond acceptors (Lipinski definition) is 4. The van der Waals surface area contributed by atoms with E-state index in [1.165, 1.54) is 12.4 Å². The average molecular weight is 322 g/mol. The van der Waals surface area contributed by atoms with E-state index >= 15 is 0 Å². The van der Waals surface area contributed by atoms with Crippen LogP contribution in [0.4, 0.5) is 4.79 Å². The summed E-state index contributed by atoms with van der Waals surface area (Å²) in [5, 5.41) is 3.98. The average Bonchev–Trinajstić information content (AvgIpc) is 3.11. The number of Topliss-reactive ketones (excluding diaryl/α,β-unsaturated/α-hetero) is 1. The highest BCUT2D eigenvalue weighted by molar-refractivity contribution is 6.00. The fourth-order valence-electron chi connectivity index (χ4n) is 2.47. The maximum atomic E-state index is 11.9. The number of ketones is 1. The Hall–Kier alpha value is -2.87. The summed E-state index contributed by atoms with van der Waals surface area (Å²) in [6.07, 6.45) is 3.88. The van der Waals surface area contributed by atoms with Crippen LogP contribution in [0, 0.1) is 11.8 Å². The van der Waals surface area contributed by atoms with E-state index in [1.807, 2.05) is 18.2 Å². The standard InChI is InChI=1S/C19H18N2O3/c1-19(2,3)24-18(23)21-12-14(11-20-21)5-4-13-6-8-16-15(10-13)7-9-17(16)22/h6,8,10-12H,7,9H2,1-3H3. The molecule has 3 rings (SSSR count). The molecule has 0 saturated carbocycles. The Morgan fingerprint density at radius 2 is 1.96 bits per heavy atom. The van der Waals surface area contributed by atoms with E-state index in [-0.39, 0.29) is 5.78 Å². The van der Waals surface area contributed by atoms with Crippen LogP contribution in [0.5, 0.6) is 0 Å². The van der Waals surface area contributed by atoms with Crippen molar-refractivity contribution in [1.29, 1.82) is 0 Å². The lowest BCUT2D eigenvalue weighted by molar-refractivity contribution is 0.0514. The van der Waals surface area contributed by atoms with Gasteiger partial charge in [-0.05, 0) is 51.0 Å². The second-order valence-electron chi connectivity index (χ2n) is 6.70. The van der Waals surface area contributed by atoms with Gasteiger partial charge in [0.1, 0.15) is 5.60 Å². The van der Waals surface area contributed by atoms with Crippen molar-refractivity contribution in [2.45, 2.75) is 39.2 Å². The second-order valence-corrected chi connectivity index (χ2v) is 6.70. The number of benzene rings is 1. The molecule has 0 N–H and O–H groups in total. The predicted molar refractivity (Wildman–Crippen MR) is 88.9 cm³/mol. The summed E-state index contributed by atoms with van der Waals surface area (Å²) in [7, 11) is 0. The lowest BCUT2D eigenvalue weighted by Gasteiger charge is -2.18. The first kappa shape index (κ1) is 16.0. The molecule has 0 saturated heterocycles. The molecule has 5 nitrogen and oxygen atoms in total. The van der Waals surface area contributed by atoms with E-state index in [2.05, 4.69) is 16.9 Å². The van der Waals surface area contributed by atoms with Crippen molar-refractivity contribution in [3.8, 4) is 11.8 Å². The normalized spacial score (nSPS) is 13.2. The zero-order valence-corrected chi connectivity index (χ0v) is 13.9. The van der Waals surface area contributed by atoms with Crippen molar-refractivity contribution in [2.24, 2.45) is 0 Å². The molecule has 0 spiro atoms. The molecule has 1 heterocycles. The van der Waals surface area contributed by atoms with Crippen LogP contribution in [-0.4, -0.2) is 27.3 Å². The summed E-state index contributed by atoms with van der Waals surface area (Å²) in [6.45, 7) is 5.40. The van der Waals surface area contributed by atoms with E-state index in [1.54, 1.807) is 20.8 Å². The minimum absolute atomic E-state index is 0.197. The molecule has 24 heavy (non-hydrogen) atoms. The maximum Gasteiger partial charge on any atom is 0.435 e. The molecule has 0 radical (unpaired) electrons. The third kappa shape index (κ3) is 3.54. The monoisotopic (exact) mass is 322 g/mol. The summed E-state index contributed by atoms with van der Waals surface area (Å²) in [6, 6.07) is 5.62. The van der Waals surface area contributed by atoms with Gasteiger partial charge in [-0.15, -0.1) is 0 Å². The second kappa shape index (κ2) is 5.97. The largest absolute Gasteiger partial charge is 0.442 e. The highest BCUT2D eigenvalue weighted by Gasteiger charge is 2.19. The van der Waals surface area contributed by atoms with Gasteiger partial charge in [-0.3, -0.25) is 4.79 Å². The molecule has 1 aliphatic rings. The molecule has 0 atom stereocenters. The minimum atomic E-state index is -0.573. The van der Waals surface area contributed by atoms with E-state index in [0.717, 1.165) is 27.8 Å². The Balaban J connectivity index is 1.76. The molecule has 0 aliphatic heterocycles. The molecule has 1 aromatic carbocycles. The summed E-state index contributed by atoms with van der Waals surface area (Å²) >= 11 is 0. The van der Waals surface area contributed by atoms with Crippen LogP contribution in [-0.2, 0) is 11.2 Å². The summed E-state index contributed by atoms with van der Waals surface area (Å²) in [5.74, 6) is 6.21. The van der Waals surface area contributed by atoms with E-state index < -0.39 is 11.7 Å². The first-order chi connectivity index (χ1) is 11.3. The lowest BCUT2D eigenvalue weighted by atomic mass is 10.1. The van der Waals surface area contributed by atoms with Crippen molar-refractivity contribution >= 4 is 11.9 Å². The molecule has 1 aromatic heterocycles. The summed E-state index contributed by atoms with van der Waals surface area (Å²) < 4.78 is 6.38. The highest BCUT2D eigenvalue weighted by Crippen LogP contribution is 2.22. The zero-order valence-electron chi connectivity index (χ0n) is 13.9. The van der Waals surface area contributed by atoms with Crippen molar-refractivity contribution < 1.29 is 14.3 Å². The summed E-state index contributed by atoms with van der Waals surface area (Å²) in [5.41, 5.74) is 2.75. The molecular weight excluding hydrogens is 304 g/mol. The molecule has 1 aliphatic carbocycles. The van der Waals surface area contributed by atoms with Gasteiger partial charge < -0.3 is 4.74 Å².